The Hall–Kier alpha value is -0.780. The number of aliphatic hydroxyl groups excluding tert-OH is 1. The summed E-state index contributed by atoms with van der Waals surface area (Å²) < 4.78 is 0. The maximum atomic E-state index is 11.0. The van der Waals surface area contributed by atoms with Gasteiger partial charge in [-0.2, -0.15) is 0 Å². The summed E-state index contributed by atoms with van der Waals surface area (Å²) >= 11 is 0. The molecule has 0 aromatic heterocycles. The van der Waals surface area contributed by atoms with Gasteiger partial charge in [-0.25, -0.2) is 0 Å². The number of hydrogen-bond acceptors (Lipinski definition) is 2. The summed E-state index contributed by atoms with van der Waals surface area (Å²) in [5, 5.41) is 21.0. The van der Waals surface area contributed by atoms with Crippen molar-refractivity contribution < 1.29 is 10.2 Å². The van der Waals surface area contributed by atoms with Crippen molar-refractivity contribution in [3.8, 4) is 12.3 Å². The van der Waals surface area contributed by atoms with Crippen molar-refractivity contribution in [1.29, 1.82) is 0 Å². The fourth-order valence-electron chi connectivity index (χ4n) is 6.96. The van der Waals surface area contributed by atoms with E-state index in [1.54, 1.807) is 0 Å². The third kappa shape index (κ3) is 1.90. The van der Waals surface area contributed by atoms with Crippen LogP contribution in [-0.2, 0) is 0 Å². The lowest BCUT2D eigenvalue weighted by atomic mass is 9.46. The normalized spacial score (nSPS) is 55.2. The van der Waals surface area contributed by atoms with E-state index in [4.69, 9.17) is 6.42 Å². The Kier molecular flexibility index (Phi) is 3.33. The van der Waals surface area contributed by atoms with Crippen molar-refractivity contribution in [2.45, 2.75) is 76.9 Å². The minimum Gasteiger partial charge on any atom is -0.389 e. The molecule has 4 aliphatic carbocycles. The highest BCUT2D eigenvalue weighted by Crippen LogP contribution is 2.67. The third-order valence-corrected chi connectivity index (χ3v) is 8.48. The molecule has 0 bridgehead atoms. The van der Waals surface area contributed by atoms with Gasteiger partial charge in [-0.3, -0.25) is 0 Å². The summed E-state index contributed by atoms with van der Waals surface area (Å²) in [6.07, 6.45) is 16.1. The first-order chi connectivity index (χ1) is 10.8. The third-order valence-electron chi connectivity index (χ3n) is 8.48. The van der Waals surface area contributed by atoms with Gasteiger partial charge in [-0.15, -0.1) is 6.42 Å². The van der Waals surface area contributed by atoms with E-state index < -0.39 is 5.60 Å². The Bertz CT molecular complexity index is 587. The molecule has 7 atom stereocenters. The Labute approximate surface area is 140 Å². The van der Waals surface area contributed by atoms with Gasteiger partial charge in [0.25, 0.3) is 0 Å². The quantitative estimate of drug-likeness (QED) is 0.529. The summed E-state index contributed by atoms with van der Waals surface area (Å²) in [4.78, 5) is 0. The van der Waals surface area contributed by atoms with Crippen LogP contribution in [0.4, 0.5) is 0 Å². The lowest BCUT2D eigenvalue weighted by Crippen LogP contribution is -2.54. The maximum absolute atomic E-state index is 11.0. The average Bonchev–Trinajstić information content (AvgIpc) is 2.80. The Morgan fingerprint density at radius 2 is 1.83 bits per heavy atom. The fourth-order valence-corrected chi connectivity index (χ4v) is 6.96. The van der Waals surface area contributed by atoms with Crippen LogP contribution in [0.2, 0.25) is 0 Å². The standard InChI is InChI=1S/C21H30O2/c1-4-21(23)12-9-18-16-6-5-14-13-15(22)7-10-19(14,2)17(16)8-11-20(18,21)3/h1,13,15-18,22-23H,5-12H2,2-3H3/t15-,16+,17-,18+,19-,20-,21-/m0/s1. The molecular weight excluding hydrogens is 284 g/mol. The average molecular weight is 314 g/mol. The van der Waals surface area contributed by atoms with E-state index in [2.05, 4.69) is 25.8 Å². The summed E-state index contributed by atoms with van der Waals surface area (Å²) in [5.74, 6) is 4.71. The molecule has 0 aliphatic heterocycles. The van der Waals surface area contributed by atoms with E-state index in [-0.39, 0.29) is 16.9 Å². The first-order valence-electron chi connectivity index (χ1n) is 9.43. The van der Waals surface area contributed by atoms with Gasteiger partial charge in [0.05, 0.1) is 6.10 Å². The van der Waals surface area contributed by atoms with Gasteiger partial charge in [-0.05, 0) is 74.5 Å². The van der Waals surface area contributed by atoms with Crippen molar-refractivity contribution in [2.24, 2.45) is 28.6 Å². The van der Waals surface area contributed by atoms with E-state index in [0.29, 0.717) is 17.8 Å². The lowest BCUT2D eigenvalue weighted by Gasteiger charge is -2.59. The first kappa shape index (κ1) is 15.7. The van der Waals surface area contributed by atoms with Crippen LogP contribution in [0.5, 0.6) is 0 Å². The zero-order valence-electron chi connectivity index (χ0n) is 14.5. The minimum atomic E-state index is -0.900. The molecule has 2 nitrogen and oxygen atoms in total. The van der Waals surface area contributed by atoms with Gasteiger partial charge in [0.15, 0.2) is 0 Å². The molecule has 0 unspecified atom stereocenters. The zero-order chi connectivity index (χ0) is 16.5. The molecule has 0 amide bonds. The molecule has 0 saturated heterocycles. The number of aliphatic hydroxyl groups is 2. The maximum Gasteiger partial charge on any atom is 0.130 e. The molecule has 2 N–H and O–H groups in total. The van der Waals surface area contributed by atoms with Gasteiger partial charge < -0.3 is 10.2 Å². The van der Waals surface area contributed by atoms with E-state index in [0.717, 1.165) is 38.5 Å². The Balaban J connectivity index is 1.69. The number of terminal acetylenes is 1. The van der Waals surface area contributed by atoms with Gasteiger partial charge in [0.2, 0.25) is 0 Å². The SMILES string of the molecule is C#C[C@]1(O)CC[C@@H]2[C@@H]3CCC4=C[C@@H](O)CC[C@]4(C)[C@H]3CC[C@@]21C. The highest BCUT2D eigenvalue weighted by Gasteiger charge is 2.63. The zero-order valence-corrected chi connectivity index (χ0v) is 14.5. The van der Waals surface area contributed by atoms with Crippen molar-refractivity contribution in [3.63, 3.8) is 0 Å². The van der Waals surface area contributed by atoms with Crippen LogP contribution in [0.1, 0.15) is 65.2 Å². The fraction of sp³-hybridized carbons (Fsp3) is 0.810. The highest BCUT2D eigenvalue weighted by molar-refractivity contribution is 5.28. The van der Waals surface area contributed by atoms with Crippen LogP contribution in [-0.4, -0.2) is 21.9 Å². The topological polar surface area (TPSA) is 40.5 Å². The van der Waals surface area contributed by atoms with E-state index in [1.165, 1.54) is 18.4 Å². The molecule has 0 heterocycles. The van der Waals surface area contributed by atoms with E-state index >= 15 is 0 Å². The van der Waals surface area contributed by atoms with Crippen LogP contribution in [0.25, 0.3) is 0 Å². The highest BCUT2D eigenvalue weighted by atomic mass is 16.3. The van der Waals surface area contributed by atoms with E-state index in [9.17, 15) is 10.2 Å². The molecule has 3 fully saturated rings. The van der Waals surface area contributed by atoms with Crippen LogP contribution >= 0.6 is 0 Å². The largest absolute Gasteiger partial charge is 0.389 e. The Morgan fingerprint density at radius 1 is 1.09 bits per heavy atom. The number of fused-ring (bicyclic) bond motifs is 5. The predicted molar refractivity (Wildman–Crippen MR) is 91.5 cm³/mol. The summed E-state index contributed by atoms with van der Waals surface area (Å²) in [6, 6.07) is 0. The smallest absolute Gasteiger partial charge is 0.130 e. The van der Waals surface area contributed by atoms with Crippen LogP contribution in [0.3, 0.4) is 0 Å². The predicted octanol–water partition coefficient (Wildman–Crippen LogP) is 3.67. The minimum absolute atomic E-state index is 0.103. The molecule has 3 saturated carbocycles. The van der Waals surface area contributed by atoms with Gasteiger partial charge in [-0.1, -0.05) is 31.4 Å². The van der Waals surface area contributed by atoms with Gasteiger partial charge in [0.1, 0.15) is 5.60 Å². The number of rotatable bonds is 0. The molecule has 0 spiro atoms. The monoisotopic (exact) mass is 314 g/mol. The number of hydrogen-bond donors (Lipinski definition) is 2. The second-order valence-electron chi connectivity index (χ2n) is 9.13. The van der Waals surface area contributed by atoms with Crippen molar-refractivity contribution in [1.82, 2.24) is 0 Å². The lowest BCUT2D eigenvalue weighted by molar-refractivity contribution is -0.101. The molecule has 0 aromatic rings. The molecule has 4 aliphatic rings. The van der Waals surface area contributed by atoms with Crippen LogP contribution in [0, 0.1) is 40.9 Å². The molecule has 23 heavy (non-hydrogen) atoms. The van der Waals surface area contributed by atoms with Gasteiger partial charge >= 0.3 is 0 Å². The molecule has 2 heteroatoms. The summed E-state index contributed by atoms with van der Waals surface area (Å²) in [7, 11) is 0. The number of allylic oxidation sites excluding steroid dienone is 1. The summed E-state index contributed by atoms with van der Waals surface area (Å²) in [6.45, 7) is 4.69. The second kappa shape index (κ2) is 4.87. The molecule has 126 valence electrons. The van der Waals surface area contributed by atoms with Gasteiger partial charge in [0, 0.05) is 5.41 Å². The molecule has 0 aromatic carbocycles. The van der Waals surface area contributed by atoms with Crippen LogP contribution in [0.15, 0.2) is 11.6 Å². The molecule has 0 radical (unpaired) electrons. The molecular formula is C21H30O2. The van der Waals surface area contributed by atoms with Crippen molar-refractivity contribution in [2.75, 3.05) is 0 Å². The summed E-state index contributed by atoms with van der Waals surface area (Å²) in [5.41, 5.74) is 0.767. The molecule has 4 rings (SSSR count). The van der Waals surface area contributed by atoms with E-state index in [1.807, 2.05) is 0 Å². The first-order valence-corrected chi connectivity index (χ1v) is 9.43. The Morgan fingerprint density at radius 3 is 2.57 bits per heavy atom. The second-order valence-corrected chi connectivity index (χ2v) is 9.13. The van der Waals surface area contributed by atoms with Crippen molar-refractivity contribution in [3.05, 3.63) is 11.6 Å². The van der Waals surface area contributed by atoms with Crippen LogP contribution < -0.4 is 0 Å². The van der Waals surface area contributed by atoms with Crippen molar-refractivity contribution >= 4 is 0 Å².